The fourth-order valence-corrected chi connectivity index (χ4v) is 1.67. The van der Waals surface area contributed by atoms with Gasteiger partial charge < -0.3 is 16.8 Å². The van der Waals surface area contributed by atoms with Crippen molar-refractivity contribution in [3.05, 3.63) is 47.5 Å². The number of halogens is 2. The third kappa shape index (κ3) is 3.54. The van der Waals surface area contributed by atoms with Crippen molar-refractivity contribution in [1.29, 1.82) is 0 Å². The number of nitrogens with one attached hydrogen (secondary N) is 1. The van der Waals surface area contributed by atoms with Gasteiger partial charge in [0.1, 0.15) is 23.3 Å². The van der Waals surface area contributed by atoms with E-state index in [-0.39, 0.29) is 5.82 Å². The summed E-state index contributed by atoms with van der Waals surface area (Å²) in [5.41, 5.74) is 12.1. The fourth-order valence-electron chi connectivity index (χ4n) is 1.67. The van der Waals surface area contributed by atoms with Crippen LogP contribution in [-0.2, 0) is 6.42 Å². The van der Waals surface area contributed by atoms with Gasteiger partial charge in [-0.1, -0.05) is 0 Å². The molecule has 100 valence electrons. The molecule has 0 aliphatic heterocycles. The number of aromatic nitrogens is 1. The lowest BCUT2D eigenvalue weighted by atomic mass is 10.1. The molecule has 0 bridgehead atoms. The first-order valence-corrected chi connectivity index (χ1v) is 5.75. The summed E-state index contributed by atoms with van der Waals surface area (Å²) in [5.74, 6) is -0.333. The van der Waals surface area contributed by atoms with Crippen LogP contribution in [0.5, 0.6) is 0 Å². The molecule has 0 spiro atoms. The van der Waals surface area contributed by atoms with Gasteiger partial charge in [-0.05, 0) is 36.2 Å². The second-order valence-electron chi connectivity index (χ2n) is 4.13. The fraction of sp³-hybridized carbons (Fsp3) is 0.154. The van der Waals surface area contributed by atoms with Crippen molar-refractivity contribution in [3.8, 4) is 0 Å². The van der Waals surface area contributed by atoms with Gasteiger partial charge in [0.2, 0.25) is 0 Å². The highest BCUT2D eigenvalue weighted by Crippen LogP contribution is 2.15. The highest BCUT2D eigenvalue weighted by atomic mass is 19.1. The molecule has 1 aromatic carbocycles. The van der Waals surface area contributed by atoms with Gasteiger partial charge in [0, 0.05) is 12.6 Å². The molecule has 0 saturated carbocycles. The molecule has 0 atom stereocenters. The van der Waals surface area contributed by atoms with Crippen LogP contribution in [0.2, 0.25) is 0 Å². The van der Waals surface area contributed by atoms with Crippen LogP contribution in [0, 0.1) is 11.6 Å². The summed E-state index contributed by atoms with van der Waals surface area (Å²) >= 11 is 0. The molecular weight excluding hydrogens is 250 g/mol. The molecule has 6 heteroatoms. The van der Waals surface area contributed by atoms with Crippen LogP contribution in [0.15, 0.2) is 30.3 Å². The third-order valence-electron chi connectivity index (χ3n) is 2.60. The van der Waals surface area contributed by atoms with E-state index in [1.54, 1.807) is 12.1 Å². The minimum atomic E-state index is -0.579. The predicted molar refractivity (Wildman–Crippen MR) is 71.6 cm³/mol. The van der Waals surface area contributed by atoms with Gasteiger partial charge in [-0.3, -0.25) is 0 Å². The second kappa shape index (κ2) is 5.51. The minimum Gasteiger partial charge on any atom is -0.396 e. The standard InChI is InChI=1S/C13H14F2N4/c14-9-5-8(6-10(15)7-9)3-4-18-12-2-1-11(16)13(17)19-12/h1-2,5-7H,3-4,16H2,(H3,17,18,19). The SMILES string of the molecule is Nc1ccc(NCCc2cc(F)cc(F)c2)nc1N. The Morgan fingerprint density at radius 1 is 1.05 bits per heavy atom. The van der Waals surface area contributed by atoms with Crippen LogP contribution in [0.1, 0.15) is 5.56 Å². The van der Waals surface area contributed by atoms with Crippen LogP contribution in [0.25, 0.3) is 0 Å². The van der Waals surface area contributed by atoms with Crippen LogP contribution in [0.3, 0.4) is 0 Å². The maximum atomic E-state index is 13.0. The number of pyridine rings is 1. The molecule has 2 aromatic rings. The maximum Gasteiger partial charge on any atom is 0.149 e. The Morgan fingerprint density at radius 2 is 1.74 bits per heavy atom. The maximum absolute atomic E-state index is 13.0. The zero-order valence-corrected chi connectivity index (χ0v) is 10.2. The zero-order valence-electron chi connectivity index (χ0n) is 10.2. The van der Waals surface area contributed by atoms with E-state index in [0.29, 0.717) is 30.0 Å². The average molecular weight is 264 g/mol. The Labute approximate surface area is 109 Å². The molecule has 0 radical (unpaired) electrons. The molecular formula is C13H14F2N4. The average Bonchev–Trinajstić information content (AvgIpc) is 2.32. The largest absolute Gasteiger partial charge is 0.396 e. The molecule has 4 nitrogen and oxygen atoms in total. The smallest absolute Gasteiger partial charge is 0.149 e. The van der Waals surface area contributed by atoms with Gasteiger partial charge in [0.15, 0.2) is 0 Å². The molecule has 5 N–H and O–H groups in total. The number of anilines is 3. The van der Waals surface area contributed by atoms with Crippen molar-refractivity contribution in [2.45, 2.75) is 6.42 Å². The van der Waals surface area contributed by atoms with Gasteiger partial charge in [0.25, 0.3) is 0 Å². The van der Waals surface area contributed by atoms with Crippen molar-refractivity contribution in [2.75, 3.05) is 23.3 Å². The van der Waals surface area contributed by atoms with Crippen molar-refractivity contribution in [1.82, 2.24) is 4.98 Å². The van der Waals surface area contributed by atoms with E-state index in [1.807, 2.05) is 0 Å². The van der Waals surface area contributed by atoms with Gasteiger partial charge >= 0.3 is 0 Å². The molecule has 0 fully saturated rings. The molecule has 2 rings (SSSR count). The van der Waals surface area contributed by atoms with E-state index < -0.39 is 11.6 Å². The lowest BCUT2D eigenvalue weighted by Gasteiger charge is -2.07. The Kier molecular flexibility index (Phi) is 3.79. The van der Waals surface area contributed by atoms with E-state index in [1.165, 1.54) is 12.1 Å². The van der Waals surface area contributed by atoms with E-state index in [4.69, 9.17) is 11.5 Å². The summed E-state index contributed by atoms with van der Waals surface area (Å²) in [6.07, 6.45) is 0.473. The lowest BCUT2D eigenvalue weighted by Crippen LogP contribution is -2.08. The van der Waals surface area contributed by atoms with E-state index >= 15 is 0 Å². The van der Waals surface area contributed by atoms with Crippen molar-refractivity contribution in [2.24, 2.45) is 0 Å². The topological polar surface area (TPSA) is 77.0 Å². The monoisotopic (exact) mass is 264 g/mol. The van der Waals surface area contributed by atoms with E-state index in [0.717, 1.165) is 6.07 Å². The van der Waals surface area contributed by atoms with Crippen LogP contribution < -0.4 is 16.8 Å². The normalized spacial score (nSPS) is 10.4. The lowest BCUT2D eigenvalue weighted by molar-refractivity contribution is 0.580. The summed E-state index contributed by atoms with van der Waals surface area (Å²) in [4.78, 5) is 4.03. The van der Waals surface area contributed by atoms with E-state index in [2.05, 4.69) is 10.3 Å². The van der Waals surface area contributed by atoms with Crippen LogP contribution in [0.4, 0.5) is 26.1 Å². The Morgan fingerprint density at radius 3 is 2.37 bits per heavy atom. The van der Waals surface area contributed by atoms with Crippen molar-refractivity contribution in [3.63, 3.8) is 0 Å². The molecule has 0 unspecified atom stereocenters. The van der Waals surface area contributed by atoms with E-state index in [9.17, 15) is 8.78 Å². The predicted octanol–water partition coefficient (Wildman–Crippen LogP) is 2.18. The summed E-state index contributed by atoms with van der Waals surface area (Å²) in [6.45, 7) is 0.485. The molecule has 0 saturated heterocycles. The molecule has 1 heterocycles. The number of benzene rings is 1. The summed E-state index contributed by atoms with van der Waals surface area (Å²) < 4.78 is 25.9. The Hall–Kier alpha value is -2.37. The minimum absolute atomic E-state index is 0.252. The highest BCUT2D eigenvalue weighted by Gasteiger charge is 2.02. The van der Waals surface area contributed by atoms with Gasteiger partial charge in [-0.25, -0.2) is 13.8 Å². The van der Waals surface area contributed by atoms with Gasteiger partial charge in [-0.15, -0.1) is 0 Å². The first kappa shape index (κ1) is 13.1. The van der Waals surface area contributed by atoms with Crippen LogP contribution in [-0.4, -0.2) is 11.5 Å². The molecule has 1 aromatic heterocycles. The number of hydrogen-bond acceptors (Lipinski definition) is 4. The Bertz CT molecular complexity index is 567. The highest BCUT2D eigenvalue weighted by molar-refractivity contribution is 5.61. The summed E-state index contributed by atoms with van der Waals surface area (Å²) in [6, 6.07) is 6.79. The van der Waals surface area contributed by atoms with Crippen molar-refractivity contribution < 1.29 is 8.78 Å². The number of rotatable bonds is 4. The second-order valence-corrected chi connectivity index (χ2v) is 4.13. The molecule has 0 amide bonds. The molecule has 19 heavy (non-hydrogen) atoms. The Balaban J connectivity index is 1.94. The third-order valence-corrected chi connectivity index (χ3v) is 2.60. The first-order chi connectivity index (χ1) is 9.04. The number of nitrogens with zero attached hydrogens (tertiary/aromatic N) is 1. The van der Waals surface area contributed by atoms with Gasteiger partial charge in [0.05, 0.1) is 5.69 Å². The summed E-state index contributed by atoms with van der Waals surface area (Å²) in [5, 5.41) is 3.01. The molecule has 0 aliphatic rings. The number of hydrogen-bond donors (Lipinski definition) is 3. The van der Waals surface area contributed by atoms with Crippen LogP contribution >= 0.6 is 0 Å². The van der Waals surface area contributed by atoms with Gasteiger partial charge in [-0.2, -0.15) is 0 Å². The zero-order chi connectivity index (χ0) is 13.8. The first-order valence-electron chi connectivity index (χ1n) is 5.75. The number of nitrogens with two attached hydrogens (primary N) is 2. The number of nitrogen functional groups attached to an aromatic ring is 2. The molecule has 0 aliphatic carbocycles. The van der Waals surface area contributed by atoms with Crippen molar-refractivity contribution >= 4 is 17.3 Å². The summed E-state index contributed by atoms with van der Waals surface area (Å²) in [7, 11) is 0. The quantitative estimate of drug-likeness (QED) is 0.791.